The van der Waals surface area contributed by atoms with Crippen LogP contribution in [0, 0.1) is 0 Å². The normalized spacial score (nSPS) is 11.6. The maximum absolute atomic E-state index is 11.6. The van der Waals surface area contributed by atoms with Gasteiger partial charge in [-0.15, -0.1) is 0 Å². The molecule has 0 saturated heterocycles. The van der Waals surface area contributed by atoms with E-state index in [1.54, 1.807) is 13.2 Å². The van der Waals surface area contributed by atoms with Gasteiger partial charge in [0, 0.05) is 0 Å². The minimum absolute atomic E-state index is 0.0341. The van der Waals surface area contributed by atoms with Crippen molar-refractivity contribution in [1.82, 2.24) is 0 Å². The monoisotopic (exact) mass is 247 g/mol. The first-order valence-electron chi connectivity index (χ1n) is 6.00. The molecular weight excluding hydrogens is 226 g/mol. The number of carbonyl (C=O) groups is 1. The molecular formula is C15H21NO2. The second-order valence-corrected chi connectivity index (χ2v) is 5.15. The van der Waals surface area contributed by atoms with E-state index >= 15 is 0 Å². The zero-order valence-corrected chi connectivity index (χ0v) is 11.7. The minimum Gasteiger partial charge on any atom is -0.495 e. The molecule has 1 aromatic carbocycles. The van der Waals surface area contributed by atoms with Crippen LogP contribution in [0.5, 0.6) is 5.75 Å². The zero-order chi connectivity index (χ0) is 13.8. The summed E-state index contributed by atoms with van der Waals surface area (Å²) in [7, 11) is 1.59. The molecule has 3 nitrogen and oxygen atoms in total. The minimum atomic E-state index is -0.151. The first kappa shape index (κ1) is 14.3. The Morgan fingerprint density at radius 2 is 2.00 bits per heavy atom. The standard InChI is InChI=1S/C15H21NO2/c1-6-7-14(17)16-12-10-11(15(2,3)4)8-9-13(12)18-5/h6-10H,1-5H3,(H,16,17). The van der Waals surface area contributed by atoms with Crippen LogP contribution in [0.1, 0.15) is 33.3 Å². The van der Waals surface area contributed by atoms with Crippen LogP contribution in [0.3, 0.4) is 0 Å². The fourth-order valence-electron chi connectivity index (χ4n) is 1.60. The third-order valence-corrected chi connectivity index (χ3v) is 2.64. The Balaban J connectivity index is 3.10. The maximum atomic E-state index is 11.6. The topological polar surface area (TPSA) is 38.3 Å². The molecule has 0 aliphatic heterocycles. The molecule has 0 saturated carbocycles. The summed E-state index contributed by atoms with van der Waals surface area (Å²) in [5.74, 6) is 0.516. The van der Waals surface area contributed by atoms with Crippen LogP contribution < -0.4 is 10.1 Å². The summed E-state index contributed by atoms with van der Waals surface area (Å²) in [6.45, 7) is 8.20. The fourth-order valence-corrected chi connectivity index (χ4v) is 1.60. The molecule has 0 heterocycles. The van der Waals surface area contributed by atoms with Gasteiger partial charge in [0.1, 0.15) is 5.75 Å². The lowest BCUT2D eigenvalue weighted by molar-refractivity contribution is -0.111. The van der Waals surface area contributed by atoms with E-state index in [4.69, 9.17) is 4.74 Å². The predicted molar refractivity (Wildman–Crippen MR) is 75.1 cm³/mol. The summed E-state index contributed by atoms with van der Waals surface area (Å²) in [5, 5.41) is 2.82. The van der Waals surface area contributed by atoms with Crippen molar-refractivity contribution in [1.29, 1.82) is 0 Å². The Hall–Kier alpha value is -1.77. The van der Waals surface area contributed by atoms with E-state index in [1.807, 2.05) is 25.1 Å². The number of carbonyl (C=O) groups excluding carboxylic acids is 1. The summed E-state index contributed by atoms with van der Waals surface area (Å²) < 4.78 is 5.25. The highest BCUT2D eigenvalue weighted by Crippen LogP contribution is 2.31. The van der Waals surface area contributed by atoms with Crippen LogP contribution in [0.2, 0.25) is 0 Å². The number of anilines is 1. The van der Waals surface area contributed by atoms with E-state index in [-0.39, 0.29) is 11.3 Å². The highest BCUT2D eigenvalue weighted by molar-refractivity contribution is 6.00. The van der Waals surface area contributed by atoms with E-state index < -0.39 is 0 Å². The molecule has 1 rings (SSSR count). The Bertz CT molecular complexity index is 456. The van der Waals surface area contributed by atoms with Crippen molar-refractivity contribution in [2.45, 2.75) is 33.1 Å². The van der Waals surface area contributed by atoms with E-state index in [9.17, 15) is 4.79 Å². The second kappa shape index (κ2) is 5.71. The number of amides is 1. The van der Waals surface area contributed by atoms with Crippen LogP contribution >= 0.6 is 0 Å². The highest BCUT2D eigenvalue weighted by Gasteiger charge is 2.16. The third-order valence-electron chi connectivity index (χ3n) is 2.64. The van der Waals surface area contributed by atoms with Gasteiger partial charge in [-0.05, 0) is 36.1 Å². The molecule has 0 radical (unpaired) electrons. The number of nitrogens with one attached hydrogen (secondary N) is 1. The Morgan fingerprint density at radius 1 is 1.33 bits per heavy atom. The lowest BCUT2D eigenvalue weighted by atomic mass is 9.87. The van der Waals surface area contributed by atoms with Crippen LogP contribution in [0.15, 0.2) is 30.4 Å². The molecule has 0 fully saturated rings. The Morgan fingerprint density at radius 3 is 2.50 bits per heavy atom. The van der Waals surface area contributed by atoms with Crippen LogP contribution in [0.4, 0.5) is 5.69 Å². The van der Waals surface area contributed by atoms with Crippen molar-refractivity contribution < 1.29 is 9.53 Å². The number of hydrogen-bond acceptors (Lipinski definition) is 2. The number of methoxy groups -OCH3 is 1. The average molecular weight is 247 g/mol. The third kappa shape index (κ3) is 3.62. The lowest BCUT2D eigenvalue weighted by Crippen LogP contribution is -2.14. The summed E-state index contributed by atoms with van der Waals surface area (Å²) in [4.78, 5) is 11.6. The molecule has 0 spiro atoms. The molecule has 1 amide bonds. The van der Waals surface area contributed by atoms with Gasteiger partial charge in [-0.1, -0.05) is 32.9 Å². The maximum Gasteiger partial charge on any atom is 0.248 e. The van der Waals surface area contributed by atoms with Gasteiger partial charge in [-0.3, -0.25) is 4.79 Å². The van der Waals surface area contributed by atoms with Crippen molar-refractivity contribution in [3.05, 3.63) is 35.9 Å². The van der Waals surface area contributed by atoms with Crippen LogP contribution in [-0.4, -0.2) is 13.0 Å². The van der Waals surface area contributed by atoms with Gasteiger partial charge in [0.15, 0.2) is 0 Å². The van der Waals surface area contributed by atoms with E-state index in [1.165, 1.54) is 6.08 Å². The Kier molecular flexibility index (Phi) is 4.54. The SMILES string of the molecule is CC=CC(=O)Nc1cc(C(C)(C)C)ccc1OC. The van der Waals surface area contributed by atoms with Crippen LogP contribution in [0.25, 0.3) is 0 Å². The number of allylic oxidation sites excluding steroid dienone is 1. The molecule has 0 atom stereocenters. The average Bonchev–Trinajstić information content (AvgIpc) is 2.28. The van der Waals surface area contributed by atoms with E-state index in [2.05, 4.69) is 26.1 Å². The van der Waals surface area contributed by atoms with Crippen molar-refractivity contribution in [3.63, 3.8) is 0 Å². The van der Waals surface area contributed by atoms with Crippen molar-refractivity contribution >= 4 is 11.6 Å². The number of ether oxygens (including phenoxy) is 1. The van der Waals surface area contributed by atoms with Crippen molar-refractivity contribution in [2.75, 3.05) is 12.4 Å². The van der Waals surface area contributed by atoms with Crippen molar-refractivity contribution in [3.8, 4) is 5.75 Å². The van der Waals surface area contributed by atoms with Gasteiger partial charge in [0.25, 0.3) is 0 Å². The van der Waals surface area contributed by atoms with Gasteiger partial charge in [0.2, 0.25) is 5.91 Å². The first-order chi connectivity index (χ1) is 8.38. The summed E-state index contributed by atoms with van der Waals surface area (Å²) in [5.41, 5.74) is 1.89. The summed E-state index contributed by atoms with van der Waals surface area (Å²) in [6.07, 6.45) is 3.19. The molecule has 18 heavy (non-hydrogen) atoms. The molecule has 98 valence electrons. The number of rotatable bonds is 3. The van der Waals surface area contributed by atoms with Gasteiger partial charge in [-0.25, -0.2) is 0 Å². The first-order valence-corrected chi connectivity index (χ1v) is 6.00. The quantitative estimate of drug-likeness (QED) is 0.830. The predicted octanol–water partition coefficient (Wildman–Crippen LogP) is 3.51. The molecule has 0 bridgehead atoms. The molecule has 1 N–H and O–H groups in total. The van der Waals surface area contributed by atoms with E-state index in [0.717, 1.165) is 5.56 Å². The summed E-state index contributed by atoms with van der Waals surface area (Å²) >= 11 is 0. The lowest BCUT2D eigenvalue weighted by Gasteiger charge is -2.21. The van der Waals surface area contributed by atoms with Gasteiger partial charge >= 0.3 is 0 Å². The molecule has 1 aromatic rings. The number of hydrogen-bond donors (Lipinski definition) is 1. The molecule has 0 aliphatic carbocycles. The largest absolute Gasteiger partial charge is 0.495 e. The van der Waals surface area contributed by atoms with Gasteiger partial charge < -0.3 is 10.1 Å². The van der Waals surface area contributed by atoms with Gasteiger partial charge in [0.05, 0.1) is 12.8 Å². The molecule has 0 aliphatic rings. The Labute approximate surface area is 109 Å². The smallest absolute Gasteiger partial charge is 0.248 e. The molecule has 0 aromatic heterocycles. The fraction of sp³-hybridized carbons (Fsp3) is 0.400. The van der Waals surface area contributed by atoms with Crippen molar-refractivity contribution in [2.24, 2.45) is 0 Å². The number of benzene rings is 1. The van der Waals surface area contributed by atoms with Crippen LogP contribution in [-0.2, 0) is 10.2 Å². The second-order valence-electron chi connectivity index (χ2n) is 5.15. The summed E-state index contributed by atoms with van der Waals surface area (Å²) in [6, 6.07) is 5.86. The zero-order valence-electron chi connectivity index (χ0n) is 11.7. The molecule has 3 heteroatoms. The molecule has 0 unspecified atom stereocenters. The van der Waals surface area contributed by atoms with Gasteiger partial charge in [-0.2, -0.15) is 0 Å². The van der Waals surface area contributed by atoms with E-state index in [0.29, 0.717) is 11.4 Å². The highest BCUT2D eigenvalue weighted by atomic mass is 16.5.